The van der Waals surface area contributed by atoms with E-state index in [1.165, 1.54) is 19.2 Å². The standard InChI is InChI=1S/C16H19NO7/c1-21-11-7-5-10(6-8-11)13(12(9-17)14(18)19)16(23-3,24-4)15(20)22-2/h5-8,12-13H,1-4H3,(H,18,19)/p-1/t12-,13-/m0/s1. The quantitative estimate of drug-likeness (QED) is 0.474. The molecule has 2 atom stereocenters. The Morgan fingerprint density at radius 3 is 2.00 bits per heavy atom. The lowest BCUT2D eigenvalue weighted by atomic mass is 9.79. The minimum Gasteiger partial charge on any atom is -0.549 e. The van der Waals surface area contributed by atoms with Gasteiger partial charge in [-0.3, -0.25) is 0 Å². The lowest BCUT2D eigenvalue weighted by molar-refractivity contribution is -0.314. The number of carbonyl (C=O) groups is 2. The fourth-order valence-electron chi connectivity index (χ4n) is 2.48. The lowest BCUT2D eigenvalue weighted by Crippen LogP contribution is -2.53. The predicted octanol–water partition coefficient (Wildman–Crippen LogP) is -0.169. The molecule has 0 aliphatic rings. The Kier molecular flexibility index (Phi) is 6.70. The van der Waals surface area contributed by atoms with Crippen molar-refractivity contribution in [2.75, 3.05) is 28.4 Å². The van der Waals surface area contributed by atoms with Gasteiger partial charge in [-0.25, -0.2) is 4.79 Å². The van der Waals surface area contributed by atoms with Crippen molar-refractivity contribution in [1.82, 2.24) is 0 Å². The summed E-state index contributed by atoms with van der Waals surface area (Å²) in [6, 6.07) is 7.74. The van der Waals surface area contributed by atoms with Crippen LogP contribution in [0.1, 0.15) is 11.5 Å². The van der Waals surface area contributed by atoms with Crippen molar-refractivity contribution in [3.63, 3.8) is 0 Å². The van der Waals surface area contributed by atoms with E-state index >= 15 is 0 Å². The summed E-state index contributed by atoms with van der Waals surface area (Å²) >= 11 is 0. The van der Waals surface area contributed by atoms with Crippen LogP contribution in [0.4, 0.5) is 0 Å². The normalized spacial score (nSPS) is 13.5. The van der Waals surface area contributed by atoms with Gasteiger partial charge in [-0.15, -0.1) is 0 Å². The zero-order valence-corrected chi connectivity index (χ0v) is 13.8. The van der Waals surface area contributed by atoms with Gasteiger partial charge in [0.2, 0.25) is 0 Å². The van der Waals surface area contributed by atoms with Gasteiger partial charge in [0.1, 0.15) is 5.75 Å². The molecule has 8 nitrogen and oxygen atoms in total. The summed E-state index contributed by atoms with van der Waals surface area (Å²) in [7, 11) is 4.87. The number of carboxylic acid groups (broad SMARTS) is 1. The highest BCUT2D eigenvalue weighted by molar-refractivity contribution is 5.82. The molecule has 0 unspecified atom stereocenters. The second-order valence-electron chi connectivity index (χ2n) is 4.74. The van der Waals surface area contributed by atoms with E-state index in [0.717, 1.165) is 21.3 Å². The largest absolute Gasteiger partial charge is 0.549 e. The van der Waals surface area contributed by atoms with Crippen LogP contribution in [0.5, 0.6) is 5.75 Å². The fraction of sp³-hybridized carbons (Fsp3) is 0.438. The number of nitrogens with zero attached hydrogens (tertiary/aromatic N) is 1. The summed E-state index contributed by atoms with van der Waals surface area (Å²) < 4.78 is 20.1. The molecule has 0 N–H and O–H groups in total. The Balaban J connectivity index is 3.59. The van der Waals surface area contributed by atoms with Crippen LogP contribution < -0.4 is 9.84 Å². The third kappa shape index (κ3) is 3.48. The molecule has 0 aromatic heterocycles. The Morgan fingerprint density at radius 1 is 1.12 bits per heavy atom. The van der Waals surface area contributed by atoms with E-state index < -0.39 is 29.6 Å². The van der Waals surface area contributed by atoms with Gasteiger partial charge in [0.25, 0.3) is 5.79 Å². The number of carbonyl (C=O) groups excluding carboxylic acids is 2. The van der Waals surface area contributed by atoms with Gasteiger partial charge in [-0.1, -0.05) is 12.1 Å². The first kappa shape index (κ1) is 19.4. The number of ether oxygens (including phenoxy) is 4. The number of aliphatic carboxylic acids is 1. The summed E-state index contributed by atoms with van der Waals surface area (Å²) in [5, 5.41) is 20.7. The van der Waals surface area contributed by atoms with E-state index in [4.69, 9.17) is 14.2 Å². The number of benzene rings is 1. The van der Waals surface area contributed by atoms with Gasteiger partial charge in [-0.05, 0) is 17.7 Å². The Labute approximate surface area is 139 Å². The summed E-state index contributed by atoms with van der Waals surface area (Å²) in [5.41, 5.74) is 0.306. The lowest BCUT2D eigenvalue weighted by Gasteiger charge is -2.38. The minimum absolute atomic E-state index is 0.306. The molecule has 0 bridgehead atoms. The second kappa shape index (κ2) is 8.29. The molecule has 8 heteroatoms. The minimum atomic E-state index is -2.14. The first-order valence-corrected chi connectivity index (χ1v) is 6.84. The monoisotopic (exact) mass is 336 g/mol. The molecule has 0 fully saturated rings. The van der Waals surface area contributed by atoms with Crippen LogP contribution in [0.15, 0.2) is 24.3 Å². The van der Waals surface area contributed by atoms with Crippen LogP contribution in [0.3, 0.4) is 0 Å². The van der Waals surface area contributed by atoms with E-state index in [9.17, 15) is 20.0 Å². The number of rotatable bonds is 8. The first-order chi connectivity index (χ1) is 11.4. The molecule has 0 amide bonds. The molecule has 0 aliphatic carbocycles. The Morgan fingerprint density at radius 2 is 1.67 bits per heavy atom. The molecular weight excluding hydrogens is 318 g/mol. The van der Waals surface area contributed by atoms with Crippen molar-refractivity contribution in [3.8, 4) is 11.8 Å². The molecule has 0 heterocycles. The van der Waals surface area contributed by atoms with E-state index in [-0.39, 0.29) is 0 Å². The third-order valence-corrected chi connectivity index (χ3v) is 3.69. The second-order valence-corrected chi connectivity index (χ2v) is 4.74. The topological polar surface area (TPSA) is 118 Å². The summed E-state index contributed by atoms with van der Waals surface area (Å²) in [6.07, 6.45) is 0. The Hall–Kier alpha value is -2.63. The van der Waals surface area contributed by atoms with Gasteiger partial charge in [-0.2, -0.15) is 5.26 Å². The van der Waals surface area contributed by atoms with Crippen molar-refractivity contribution < 1.29 is 33.6 Å². The number of methoxy groups -OCH3 is 4. The van der Waals surface area contributed by atoms with Crippen molar-refractivity contribution in [2.24, 2.45) is 5.92 Å². The highest BCUT2D eigenvalue weighted by Crippen LogP contribution is 2.39. The maximum absolute atomic E-state index is 12.3. The van der Waals surface area contributed by atoms with Gasteiger partial charge >= 0.3 is 5.97 Å². The molecule has 1 aromatic carbocycles. The number of nitriles is 1. The summed E-state index contributed by atoms with van der Waals surface area (Å²) in [6.45, 7) is 0. The zero-order valence-electron chi connectivity index (χ0n) is 13.8. The van der Waals surface area contributed by atoms with Crippen LogP contribution in [0, 0.1) is 17.2 Å². The van der Waals surface area contributed by atoms with Gasteiger partial charge in [0.15, 0.2) is 0 Å². The maximum Gasteiger partial charge on any atom is 0.367 e. The highest BCUT2D eigenvalue weighted by atomic mass is 16.7. The molecule has 0 spiro atoms. The third-order valence-electron chi connectivity index (χ3n) is 3.69. The summed E-state index contributed by atoms with van der Waals surface area (Å²) in [5.74, 6) is -7.32. The number of hydrogen-bond acceptors (Lipinski definition) is 8. The molecular formula is C16H18NO7-. The summed E-state index contributed by atoms with van der Waals surface area (Å²) in [4.78, 5) is 23.7. The average molecular weight is 336 g/mol. The highest BCUT2D eigenvalue weighted by Gasteiger charge is 2.53. The van der Waals surface area contributed by atoms with E-state index in [0.29, 0.717) is 11.3 Å². The Bertz CT molecular complexity index is 616. The average Bonchev–Trinajstić information content (AvgIpc) is 2.61. The number of carboxylic acids is 1. The van der Waals surface area contributed by atoms with Crippen LogP contribution in [0.25, 0.3) is 0 Å². The van der Waals surface area contributed by atoms with Crippen molar-refractivity contribution >= 4 is 11.9 Å². The van der Waals surface area contributed by atoms with E-state index in [2.05, 4.69) is 4.74 Å². The van der Waals surface area contributed by atoms with Crippen molar-refractivity contribution in [2.45, 2.75) is 11.7 Å². The smallest absolute Gasteiger partial charge is 0.367 e. The van der Waals surface area contributed by atoms with Crippen molar-refractivity contribution in [3.05, 3.63) is 29.8 Å². The molecule has 24 heavy (non-hydrogen) atoms. The van der Waals surface area contributed by atoms with Crippen LogP contribution >= 0.6 is 0 Å². The predicted molar refractivity (Wildman–Crippen MR) is 78.6 cm³/mol. The number of hydrogen-bond donors (Lipinski definition) is 0. The van der Waals surface area contributed by atoms with Crippen LogP contribution in [-0.2, 0) is 23.8 Å². The molecule has 0 saturated carbocycles. The van der Waals surface area contributed by atoms with Crippen LogP contribution in [0.2, 0.25) is 0 Å². The molecule has 0 radical (unpaired) electrons. The molecule has 0 saturated heterocycles. The van der Waals surface area contributed by atoms with Gasteiger partial charge < -0.3 is 28.8 Å². The molecule has 0 aliphatic heterocycles. The van der Waals surface area contributed by atoms with Crippen molar-refractivity contribution in [1.29, 1.82) is 5.26 Å². The van der Waals surface area contributed by atoms with Crippen LogP contribution in [-0.4, -0.2) is 46.2 Å². The first-order valence-electron chi connectivity index (χ1n) is 6.84. The zero-order chi connectivity index (χ0) is 18.3. The SMILES string of the molecule is COC(=O)C(OC)(OC)[C@@H](c1ccc(OC)cc1)[C@H](C#N)C(=O)[O-]. The van der Waals surface area contributed by atoms with E-state index in [1.807, 2.05) is 0 Å². The van der Waals surface area contributed by atoms with Gasteiger partial charge in [0.05, 0.1) is 38.1 Å². The number of esters is 1. The molecule has 1 aromatic rings. The fourth-order valence-corrected chi connectivity index (χ4v) is 2.48. The molecule has 1 rings (SSSR count). The maximum atomic E-state index is 12.3. The van der Waals surface area contributed by atoms with E-state index in [1.54, 1.807) is 18.2 Å². The molecule has 130 valence electrons. The van der Waals surface area contributed by atoms with Gasteiger partial charge in [0, 0.05) is 14.2 Å².